The van der Waals surface area contributed by atoms with Gasteiger partial charge in [0.25, 0.3) is 5.91 Å². The number of aliphatic hydroxyl groups is 2. The van der Waals surface area contributed by atoms with E-state index in [1.165, 1.54) is 17.7 Å². The van der Waals surface area contributed by atoms with E-state index < -0.39 is 17.7 Å². The van der Waals surface area contributed by atoms with Crippen LogP contribution in [0.1, 0.15) is 63.5 Å². The lowest BCUT2D eigenvalue weighted by Crippen LogP contribution is -2.40. The Morgan fingerprint density at radius 2 is 1.54 bits per heavy atom. The summed E-state index contributed by atoms with van der Waals surface area (Å²) in [6, 6.07) is 39.1. The number of likely N-dealkylation sites (tertiary alicyclic amines) is 1. The van der Waals surface area contributed by atoms with Gasteiger partial charge in [0.15, 0.2) is 0 Å². The van der Waals surface area contributed by atoms with Crippen molar-refractivity contribution in [3.05, 3.63) is 177 Å². The van der Waals surface area contributed by atoms with Gasteiger partial charge in [-0.15, -0.1) is 0 Å². The number of piperidine rings is 1. The molecule has 7 rings (SSSR count). The van der Waals surface area contributed by atoms with E-state index in [1.807, 2.05) is 24.3 Å². The summed E-state index contributed by atoms with van der Waals surface area (Å²) in [6.45, 7) is 4.36. The number of hydrogen-bond donors (Lipinski definition) is 6. The maximum absolute atomic E-state index is 13.8. The van der Waals surface area contributed by atoms with Crippen LogP contribution in [-0.4, -0.2) is 76.4 Å². The van der Waals surface area contributed by atoms with E-state index >= 15 is 0 Å². The van der Waals surface area contributed by atoms with Crippen LogP contribution in [0.2, 0.25) is 0 Å². The fourth-order valence-corrected chi connectivity index (χ4v) is 7.68. The molecule has 316 valence electrons. The lowest BCUT2D eigenvalue weighted by molar-refractivity contribution is -0.164. The third-order valence-corrected chi connectivity index (χ3v) is 11.2. The Kier molecular flexibility index (Phi) is 14.2. The highest BCUT2D eigenvalue weighted by Gasteiger charge is 2.42. The van der Waals surface area contributed by atoms with Crippen molar-refractivity contribution in [2.45, 2.75) is 44.1 Å². The molecule has 1 fully saturated rings. The summed E-state index contributed by atoms with van der Waals surface area (Å²) >= 11 is 0. The van der Waals surface area contributed by atoms with E-state index in [-0.39, 0.29) is 48.4 Å². The molecule has 1 aromatic heterocycles. The van der Waals surface area contributed by atoms with Crippen LogP contribution >= 0.6 is 0 Å². The first-order valence-corrected chi connectivity index (χ1v) is 20.7. The number of rotatable bonds is 18. The normalized spacial score (nSPS) is 14.9. The van der Waals surface area contributed by atoms with Gasteiger partial charge < -0.3 is 40.4 Å². The topological polar surface area (TPSA) is 173 Å². The van der Waals surface area contributed by atoms with Crippen LogP contribution in [0.5, 0.6) is 11.5 Å². The molecule has 1 saturated heterocycles. The van der Waals surface area contributed by atoms with Crippen molar-refractivity contribution in [2.24, 2.45) is 5.92 Å². The van der Waals surface area contributed by atoms with E-state index in [4.69, 9.17) is 9.47 Å². The fraction of sp³-hybridized carbons (Fsp3) is 0.286. The van der Waals surface area contributed by atoms with Gasteiger partial charge in [0, 0.05) is 42.2 Å². The molecule has 61 heavy (non-hydrogen) atoms. The number of carbonyl (C=O) groups is 2. The number of pyridine rings is 1. The second-order valence-corrected chi connectivity index (χ2v) is 15.5. The summed E-state index contributed by atoms with van der Waals surface area (Å²) in [5, 5.41) is 39.7. The van der Waals surface area contributed by atoms with Crippen molar-refractivity contribution in [1.29, 1.82) is 0 Å². The van der Waals surface area contributed by atoms with E-state index in [0.717, 1.165) is 38.0 Å². The highest BCUT2D eigenvalue weighted by molar-refractivity contribution is 5.94. The number of benzene rings is 5. The quantitative estimate of drug-likeness (QED) is 0.0450. The molecule has 0 bridgehead atoms. The average molecular weight is 825 g/mol. The molecule has 0 spiro atoms. The van der Waals surface area contributed by atoms with Crippen LogP contribution in [0.4, 0.5) is 0 Å². The van der Waals surface area contributed by atoms with Crippen molar-refractivity contribution in [3.8, 4) is 11.5 Å². The van der Waals surface area contributed by atoms with Gasteiger partial charge in [0.2, 0.25) is 11.2 Å². The van der Waals surface area contributed by atoms with E-state index in [0.29, 0.717) is 52.9 Å². The number of aromatic amines is 1. The standard InChI is InChI=1S/C49H52N4O8/c54-43-21-19-41(42-20-22-45(56)52-46(42)43)44(55)30-50-25-8-26-51-47(57)37-17-15-35(16-18-37)32-60-40-14-7-13-39(29-40)49(59,38-11-5-2-6-12-38)48(58)61-33-36-23-27-53(28-24-36)31-34-9-3-1-4-10-34/h1-7,9-22,29,36,44,50,54-55,59H,8,23-28,30-33H2,(H,51,57)(H,52,56)/t44-,49-/m0/s1. The molecule has 1 aliphatic rings. The number of fused-ring (bicyclic) bond motifs is 1. The summed E-state index contributed by atoms with van der Waals surface area (Å²) in [6.07, 6.45) is 1.56. The summed E-state index contributed by atoms with van der Waals surface area (Å²) in [7, 11) is 0. The molecule has 1 aliphatic heterocycles. The number of nitrogens with zero attached hydrogens (tertiary/aromatic N) is 1. The second-order valence-electron chi connectivity index (χ2n) is 15.5. The van der Waals surface area contributed by atoms with Crippen molar-refractivity contribution < 1.29 is 34.4 Å². The van der Waals surface area contributed by atoms with Crippen molar-refractivity contribution >= 4 is 22.8 Å². The predicted molar refractivity (Wildman–Crippen MR) is 233 cm³/mol. The molecule has 2 atom stereocenters. The van der Waals surface area contributed by atoms with Gasteiger partial charge in [-0.2, -0.15) is 0 Å². The van der Waals surface area contributed by atoms with E-state index in [9.17, 15) is 29.7 Å². The monoisotopic (exact) mass is 824 g/mol. The Morgan fingerprint density at radius 1 is 0.820 bits per heavy atom. The van der Waals surface area contributed by atoms with Gasteiger partial charge in [-0.05, 0) is 103 Å². The van der Waals surface area contributed by atoms with Crippen molar-refractivity contribution in [3.63, 3.8) is 0 Å². The number of phenolic OH excluding ortho intramolecular Hbond substituents is 1. The number of phenols is 1. The minimum Gasteiger partial charge on any atom is -0.506 e. The molecule has 0 radical (unpaired) electrons. The Hall–Kier alpha value is -6.31. The number of aliphatic hydroxyl groups excluding tert-OH is 1. The maximum Gasteiger partial charge on any atom is 0.347 e. The third kappa shape index (κ3) is 10.9. The Morgan fingerprint density at radius 3 is 2.30 bits per heavy atom. The number of aromatic hydroxyl groups is 1. The summed E-state index contributed by atoms with van der Waals surface area (Å²) < 4.78 is 12.0. The zero-order valence-electron chi connectivity index (χ0n) is 34.0. The molecule has 1 amide bonds. The van der Waals surface area contributed by atoms with Gasteiger partial charge in [-0.25, -0.2) is 4.79 Å². The number of amides is 1. The summed E-state index contributed by atoms with van der Waals surface area (Å²) in [5.74, 6) is -0.351. The molecule has 0 aliphatic carbocycles. The maximum atomic E-state index is 13.8. The van der Waals surface area contributed by atoms with Crippen LogP contribution in [0.15, 0.2) is 138 Å². The number of hydrogen-bond acceptors (Lipinski definition) is 10. The number of esters is 1. The molecular formula is C49H52N4O8. The zero-order valence-corrected chi connectivity index (χ0v) is 34.0. The number of carbonyl (C=O) groups excluding carboxylic acids is 2. The number of nitrogens with one attached hydrogen (secondary N) is 3. The summed E-state index contributed by atoms with van der Waals surface area (Å²) in [5.41, 5.74) is 1.81. The first-order valence-electron chi connectivity index (χ1n) is 20.7. The van der Waals surface area contributed by atoms with Gasteiger partial charge in [-0.1, -0.05) is 91.0 Å². The van der Waals surface area contributed by atoms with Gasteiger partial charge in [-0.3, -0.25) is 14.5 Å². The van der Waals surface area contributed by atoms with Gasteiger partial charge in [0.05, 0.1) is 18.2 Å². The number of ether oxygens (including phenoxy) is 2. The molecule has 12 heteroatoms. The van der Waals surface area contributed by atoms with Crippen LogP contribution in [0, 0.1) is 5.92 Å². The minimum absolute atomic E-state index is 0.0658. The smallest absolute Gasteiger partial charge is 0.347 e. The van der Waals surface area contributed by atoms with E-state index in [2.05, 4.69) is 44.8 Å². The largest absolute Gasteiger partial charge is 0.506 e. The highest BCUT2D eigenvalue weighted by atomic mass is 16.5. The van der Waals surface area contributed by atoms with Crippen molar-refractivity contribution in [2.75, 3.05) is 39.3 Å². The van der Waals surface area contributed by atoms with Crippen LogP contribution in [-0.2, 0) is 28.3 Å². The molecule has 2 heterocycles. The first kappa shape index (κ1) is 42.8. The SMILES string of the molecule is O=C(NCCCNC[C@H](O)c1ccc(O)c2[nH]c(=O)ccc12)c1ccc(COc2cccc([C@](O)(C(=O)OCC3CCN(Cc4ccccc4)CC3)c3ccccc3)c2)cc1. The predicted octanol–water partition coefficient (Wildman–Crippen LogP) is 5.95. The highest BCUT2D eigenvalue weighted by Crippen LogP contribution is 2.34. The zero-order chi connectivity index (χ0) is 42.6. The van der Waals surface area contributed by atoms with E-state index in [1.54, 1.807) is 72.8 Å². The third-order valence-electron chi connectivity index (χ3n) is 11.2. The van der Waals surface area contributed by atoms with Crippen LogP contribution in [0.3, 0.4) is 0 Å². The average Bonchev–Trinajstić information content (AvgIpc) is 3.30. The molecule has 12 nitrogen and oxygen atoms in total. The summed E-state index contributed by atoms with van der Waals surface area (Å²) in [4.78, 5) is 43.4. The molecule has 0 unspecified atom stereocenters. The Balaban J connectivity index is 0.869. The number of aromatic nitrogens is 1. The molecule has 0 saturated carbocycles. The number of H-pyrrole nitrogens is 1. The molecule has 6 N–H and O–H groups in total. The van der Waals surface area contributed by atoms with Gasteiger partial charge in [0.1, 0.15) is 18.1 Å². The first-order chi connectivity index (χ1) is 29.7. The lowest BCUT2D eigenvalue weighted by Gasteiger charge is -2.33. The Labute approximate surface area is 354 Å². The molecule has 5 aromatic carbocycles. The molecular weight excluding hydrogens is 773 g/mol. The lowest BCUT2D eigenvalue weighted by atomic mass is 9.86. The van der Waals surface area contributed by atoms with Crippen LogP contribution < -0.4 is 20.9 Å². The fourth-order valence-electron chi connectivity index (χ4n) is 7.68. The van der Waals surface area contributed by atoms with Crippen molar-refractivity contribution in [1.82, 2.24) is 20.5 Å². The van der Waals surface area contributed by atoms with Crippen LogP contribution in [0.25, 0.3) is 10.9 Å². The van der Waals surface area contributed by atoms with Gasteiger partial charge >= 0.3 is 5.97 Å². The Bertz CT molecular complexity index is 2440. The second kappa shape index (κ2) is 20.3. The molecule has 6 aromatic rings. The minimum atomic E-state index is -2.05.